The van der Waals surface area contributed by atoms with E-state index in [0.717, 1.165) is 42.0 Å². The minimum absolute atomic E-state index is 0.133. The summed E-state index contributed by atoms with van der Waals surface area (Å²) in [7, 11) is -3.62. The van der Waals surface area contributed by atoms with E-state index in [1.54, 1.807) is 0 Å². The number of imidazole rings is 1. The first-order valence-corrected chi connectivity index (χ1v) is 12.8. The van der Waals surface area contributed by atoms with Crippen molar-refractivity contribution in [1.29, 1.82) is 0 Å². The monoisotopic (exact) mass is 479 g/mol. The highest BCUT2D eigenvalue weighted by atomic mass is 32.2. The van der Waals surface area contributed by atoms with Crippen molar-refractivity contribution >= 4 is 21.1 Å². The minimum atomic E-state index is -3.62. The highest BCUT2D eigenvalue weighted by Crippen LogP contribution is 2.27. The Morgan fingerprint density at radius 3 is 2.32 bits per heavy atom. The lowest BCUT2D eigenvalue weighted by Crippen LogP contribution is -2.39. The molecule has 1 aliphatic rings. The normalized spacial score (nSPS) is 15.6. The second-order valence-electron chi connectivity index (χ2n) is 8.53. The van der Waals surface area contributed by atoms with E-state index >= 15 is 0 Å². The summed E-state index contributed by atoms with van der Waals surface area (Å²) in [5.74, 6) is 1.51. The molecular weight excluding hydrogens is 453 g/mol. The quantitative estimate of drug-likeness (QED) is 0.380. The number of para-hydroxylation sites is 3. The molecule has 0 N–H and O–H groups in total. The molecule has 6 nitrogen and oxygen atoms in total. The van der Waals surface area contributed by atoms with Crippen molar-refractivity contribution < 1.29 is 17.5 Å². The second-order valence-corrected chi connectivity index (χ2v) is 10.5. The van der Waals surface area contributed by atoms with Gasteiger partial charge < -0.3 is 9.30 Å². The van der Waals surface area contributed by atoms with Crippen LogP contribution in [0.2, 0.25) is 0 Å². The molecule has 1 saturated heterocycles. The Bertz CT molecular complexity index is 1360. The lowest BCUT2D eigenvalue weighted by Gasteiger charge is -2.31. The van der Waals surface area contributed by atoms with Crippen LogP contribution in [0, 0.1) is 11.7 Å². The van der Waals surface area contributed by atoms with Crippen LogP contribution in [0.1, 0.15) is 18.7 Å². The smallest absolute Gasteiger partial charge is 0.243 e. The first-order valence-electron chi connectivity index (χ1n) is 11.4. The fourth-order valence-corrected chi connectivity index (χ4v) is 5.92. The number of nitrogens with zero attached hydrogens (tertiary/aromatic N) is 3. The third kappa shape index (κ3) is 4.69. The van der Waals surface area contributed by atoms with Gasteiger partial charge in [0.1, 0.15) is 24.0 Å². The summed E-state index contributed by atoms with van der Waals surface area (Å²) in [6.07, 6.45) is 1.48. The summed E-state index contributed by atoms with van der Waals surface area (Å²) >= 11 is 0. The lowest BCUT2D eigenvalue weighted by molar-refractivity contribution is 0.244. The number of hydrogen-bond acceptors (Lipinski definition) is 4. The van der Waals surface area contributed by atoms with Crippen LogP contribution in [-0.2, 0) is 23.2 Å². The van der Waals surface area contributed by atoms with Gasteiger partial charge in [-0.15, -0.1) is 0 Å². The van der Waals surface area contributed by atoms with Gasteiger partial charge in [0.25, 0.3) is 0 Å². The Morgan fingerprint density at radius 2 is 1.59 bits per heavy atom. The number of benzene rings is 3. The van der Waals surface area contributed by atoms with Gasteiger partial charge in [-0.2, -0.15) is 4.31 Å². The predicted octanol–water partition coefficient (Wildman–Crippen LogP) is 4.86. The zero-order chi connectivity index (χ0) is 23.5. The van der Waals surface area contributed by atoms with Crippen molar-refractivity contribution in [3.05, 3.63) is 90.5 Å². The number of sulfonamides is 1. The summed E-state index contributed by atoms with van der Waals surface area (Å²) in [4.78, 5) is 4.93. The summed E-state index contributed by atoms with van der Waals surface area (Å²) in [6.45, 7) is 1.98. The zero-order valence-corrected chi connectivity index (χ0v) is 19.5. The molecule has 5 rings (SSSR count). The Morgan fingerprint density at radius 1 is 0.912 bits per heavy atom. The molecular formula is C26H26FN3O3S. The van der Waals surface area contributed by atoms with E-state index < -0.39 is 15.8 Å². The fourth-order valence-electron chi connectivity index (χ4n) is 4.45. The molecule has 0 radical (unpaired) electrons. The van der Waals surface area contributed by atoms with Gasteiger partial charge in [0.2, 0.25) is 10.0 Å². The zero-order valence-electron chi connectivity index (χ0n) is 18.7. The molecule has 4 aromatic rings. The summed E-state index contributed by atoms with van der Waals surface area (Å²) < 4.78 is 48.8. The van der Waals surface area contributed by atoms with Crippen molar-refractivity contribution in [1.82, 2.24) is 13.9 Å². The lowest BCUT2D eigenvalue weighted by atomic mass is 9.98. The average Bonchev–Trinajstić information content (AvgIpc) is 3.21. The first kappa shape index (κ1) is 22.6. The Balaban J connectivity index is 1.30. The van der Waals surface area contributed by atoms with E-state index in [0.29, 0.717) is 25.6 Å². The SMILES string of the molecule is O=S(=O)(c1ccc(F)cc1)N1CCC(Cn2c(COc3ccccc3)nc3ccccc32)CC1. The molecule has 3 aromatic carbocycles. The second kappa shape index (κ2) is 9.56. The molecule has 8 heteroatoms. The van der Waals surface area contributed by atoms with Gasteiger partial charge >= 0.3 is 0 Å². The van der Waals surface area contributed by atoms with Crippen molar-refractivity contribution in [2.75, 3.05) is 13.1 Å². The van der Waals surface area contributed by atoms with E-state index in [9.17, 15) is 12.8 Å². The molecule has 1 aliphatic heterocycles. The Hall–Kier alpha value is -3.23. The summed E-state index contributed by atoms with van der Waals surface area (Å²) in [6, 6.07) is 22.7. The van der Waals surface area contributed by atoms with Crippen LogP contribution < -0.4 is 4.74 Å². The minimum Gasteiger partial charge on any atom is -0.486 e. The number of ether oxygens (including phenoxy) is 1. The van der Waals surface area contributed by atoms with Crippen LogP contribution in [0.4, 0.5) is 4.39 Å². The van der Waals surface area contributed by atoms with Crippen molar-refractivity contribution in [2.45, 2.75) is 30.9 Å². The van der Waals surface area contributed by atoms with Gasteiger partial charge in [-0.05, 0) is 67.3 Å². The average molecular weight is 480 g/mol. The van der Waals surface area contributed by atoms with E-state index in [1.807, 2.05) is 48.5 Å². The van der Waals surface area contributed by atoms with Gasteiger partial charge in [0.05, 0.1) is 15.9 Å². The summed E-state index contributed by atoms with van der Waals surface area (Å²) in [5, 5.41) is 0. The molecule has 0 aliphatic carbocycles. The molecule has 2 heterocycles. The van der Waals surface area contributed by atoms with E-state index in [-0.39, 0.29) is 4.90 Å². The van der Waals surface area contributed by atoms with Crippen molar-refractivity contribution in [3.8, 4) is 5.75 Å². The molecule has 0 spiro atoms. The van der Waals surface area contributed by atoms with Crippen LogP contribution >= 0.6 is 0 Å². The molecule has 0 bridgehead atoms. The van der Waals surface area contributed by atoms with Gasteiger partial charge in [0.15, 0.2) is 0 Å². The van der Waals surface area contributed by atoms with E-state index in [2.05, 4.69) is 10.6 Å². The Labute approximate surface area is 198 Å². The highest BCUT2D eigenvalue weighted by molar-refractivity contribution is 7.89. The number of aromatic nitrogens is 2. The van der Waals surface area contributed by atoms with E-state index in [1.165, 1.54) is 28.6 Å². The van der Waals surface area contributed by atoms with Gasteiger partial charge in [-0.1, -0.05) is 30.3 Å². The van der Waals surface area contributed by atoms with Crippen LogP contribution in [0.25, 0.3) is 11.0 Å². The molecule has 0 atom stereocenters. The molecule has 176 valence electrons. The van der Waals surface area contributed by atoms with Gasteiger partial charge in [-0.25, -0.2) is 17.8 Å². The van der Waals surface area contributed by atoms with Crippen LogP contribution in [0.15, 0.2) is 83.8 Å². The topological polar surface area (TPSA) is 64.4 Å². The number of halogens is 1. The number of hydrogen-bond donors (Lipinski definition) is 0. The highest BCUT2D eigenvalue weighted by Gasteiger charge is 2.30. The van der Waals surface area contributed by atoms with Crippen LogP contribution in [0.5, 0.6) is 5.75 Å². The van der Waals surface area contributed by atoms with Gasteiger partial charge in [-0.3, -0.25) is 0 Å². The maximum atomic E-state index is 13.2. The van der Waals surface area contributed by atoms with E-state index in [4.69, 9.17) is 9.72 Å². The van der Waals surface area contributed by atoms with Gasteiger partial charge in [0, 0.05) is 19.6 Å². The first-order chi connectivity index (χ1) is 16.5. The van der Waals surface area contributed by atoms with Crippen LogP contribution in [0.3, 0.4) is 0 Å². The molecule has 1 fully saturated rings. The standard InChI is InChI=1S/C26H26FN3O3S/c27-21-10-12-23(13-11-21)34(31,32)29-16-14-20(15-17-29)18-30-25-9-5-4-8-24(25)28-26(30)19-33-22-6-2-1-3-7-22/h1-13,20H,14-19H2. The maximum absolute atomic E-state index is 13.2. The molecule has 0 amide bonds. The van der Waals surface area contributed by atoms with Crippen molar-refractivity contribution in [3.63, 3.8) is 0 Å². The number of rotatable bonds is 7. The number of fused-ring (bicyclic) bond motifs is 1. The third-order valence-corrected chi connectivity index (χ3v) is 8.22. The Kier molecular flexibility index (Phi) is 6.34. The molecule has 34 heavy (non-hydrogen) atoms. The van der Waals surface area contributed by atoms with Crippen molar-refractivity contribution in [2.24, 2.45) is 5.92 Å². The largest absolute Gasteiger partial charge is 0.486 e. The third-order valence-electron chi connectivity index (χ3n) is 6.31. The molecule has 0 saturated carbocycles. The molecule has 0 unspecified atom stereocenters. The van der Waals surface area contributed by atoms with Crippen LogP contribution in [-0.4, -0.2) is 35.4 Å². The molecule has 1 aromatic heterocycles. The number of piperidine rings is 1. The summed E-state index contributed by atoms with van der Waals surface area (Å²) in [5.41, 5.74) is 1.97. The predicted molar refractivity (Wildman–Crippen MR) is 128 cm³/mol. The maximum Gasteiger partial charge on any atom is 0.243 e. The fraction of sp³-hybridized carbons (Fsp3) is 0.269.